The molecule has 0 radical (unpaired) electrons. The van der Waals surface area contributed by atoms with Crippen LogP contribution in [0, 0.1) is 5.92 Å². The van der Waals surface area contributed by atoms with E-state index in [0.29, 0.717) is 24.1 Å². The summed E-state index contributed by atoms with van der Waals surface area (Å²) in [6.07, 6.45) is 11.1. The van der Waals surface area contributed by atoms with Crippen molar-refractivity contribution in [3.05, 3.63) is 18.0 Å². The maximum absolute atomic E-state index is 12.2. The van der Waals surface area contributed by atoms with Crippen LogP contribution in [0.1, 0.15) is 55.3 Å². The standard InChI is InChI=1S/C18H29N5O2.ClH/c24-17(22-16-4-2-1-3-5-16)13-23-12-15(11-21-23)18(25)20-9-7-14-6-8-19-10-14;/h11-12,14,16,19H,1-10,13H2,(H,20,25)(H,22,24);1H. The topological polar surface area (TPSA) is 88.1 Å². The van der Waals surface area contributed by atoms with Crippen molar-refractivity contribution in [2.75, 3.05) is 19.6 Å². The molecule has 26 heavy (non-hydrogen) atoms. The van der Waals surface area contributed by atoms with Crippen LogP contribution in [0.2, 0.25) is 0 Å². The fraction of sp³-hybridized carbons (Fsp3) is 0.722. The highest BCUT2D eigenvalue weighted by Crippen LogP contribution is 2.17. The van der Waals surface area contributed by atoms with Crippen LogP contribution >= 0.6 is 12.4 Å². The van der Waals surface area contributed by atoms with Gasteiger partial charge in [-0.15, -0.1) is 12.4 Å². The summed E-state index contributed by atoms with van der Waals surface area (Å²) in [6, 6.07) is 0.296. The van der Waals surface area contributed by atoms with Gasteiger partial charge in [-0.3, -0.25) is 14.3 Å². The van der Waals surface area contributed by atoms with Crippen LogP contribution in [0.4, 0.5) is 0 Å². The second-order valence-corrected chi connectivity index (χ2v) is 7.23. The highest BCUT2D eigenvalue weighted by atomic mass is 35.5. The fourth-order valence-electron chi connectivity index (χ4n) is 3.69. The number of nitrogens with one attached hydrogen (secondary N) is 3. The van der Waals surface area contributed by atoms with E-state index in [1.165, 1.54) is 36.6 Å². The maximum Gasteiger partial charge on any atom is 0.254 e. The number of carbonyl (C=O) groups is 2. The van der Waals surface area contributed by atoms with Crippen molar-refractivity contribution in [3.63, 3.8) is 0 Å². The molecule has 2 amide bonds. The number of nitrogens with zero attached hydrogens (tertiary/aromatic N) is 2. The second kappa shape index (κ2) is 10.5. The minimum Gasteiger partial charge on any atom is -0.352 e. The zero-order valence-electron chi connectivity index (χ0n) is 15.2. The Morgan fingerprint density at radius 2 is 2.04 bits per heavy atom. The van der Waals surface area contributed by atoms with E-state index >= 15 is 0 Å². The number of halogens is 1. The smallest absolute Gasteiger partial charge is 0.254 e. The molecule has 2 heterocycles. The Bertz CT molecular complexity index is 580. The van der Waals surface area contributed by atoms with Gasteiger partial charge < -0.3 is 16.0 Å². The van der Waals surface area contributed by atoms with Crippen molar-refractivity contribution in [2.45, 2.75) is 57.5 Å². The highest BCUT2D eigenvalue weighted by molar-refractivity contribution is 5.93. The van der Waals surface area contributed by atoms with Crippen molar-refractivity contribution < 1.29 is 9.59 Å². The average Bonchev–Trinajstić information content (AvgIpc) is 3.27. The average molecular weight is 384 g/mol. The lowest BCUT2D eigenvalue weighted by Gasteiger charge is -2.22. The fourth-order valence-corrected chi connectivity index (χ4v) is 3.69. The van der Waals surface area contributed by atoms with E-state index in [0.717, 1.165) is 32.4 Å². The predicted octanol–water partition coefficient (Wildman–Crippen LogP) is 1.48. The van der Waals surface area contributed by atoms with Crippen molar-refractivity contribution >= 4 is 24.2 Å². The summed E-state index contributed by atoms with van der Waals surface area (Å²) in [4.78, 5) is 24.3. The Kier molecular flexibility index (Phi) is 8.38. The first-order valence-electron chi connectivity index (χ1n) is 9.51. The molecule has 0 aromatic carbocycles. The molecule has 8 heteroatoms. The van der Waals surface area contributed by atoms with Crippen LogP contribution in [0.3, 0.4) is 0 Å². The van der Waals surface area contributed by atoms with Crippen LogP contribution in [-0.2, 0) is 11.3 Å². The van der Waals surface area contributed by atoms with E-state index in [1.807, 2.05) is 0 Å². The Labute approximate surface area is 161 Å². The normalized spacial score (nSPS) is 20.4. The molecule has 1 aromatic rings. The Morgan fingerprint density at radius 3 is 2.77 bits per heavy atom. The van der Waals surface area contributed by atoms with Gasteiger partial charge in [-0.2, -0.15) is 5.10 Å². The molecule has 3 rings (SSSR count). The molecule has 1 aliphatic carbocycles. The molecule has 0 bridgehead atoms. The van der Waals surface area contributed by atoms with E-state index in [2.05, 4.69) is 21.0 Å². The third-order valence-corrected chi connectivity index (χ3v) is 5.17. The molecule has 1 unspecified atom stereocenters. The first-order chi connectivity index (χ1) is 12.2. The van der Waals surface area contributed by atoms with E-state index < -0.39 is 0 Å². The molecule has 1 aromatic heterocycles. The van der Waals surface area contributed by atoms with E-state index in [4.69, 9.17) is 0 Å². The van der Waals surface area contributed by atoms with Crippen molar-refractivity contribution in [1.82, 2.24) is 25.7 Å². The summed E-state index contributed by atoms with van der Waals surface area (Å²) >= 11 is 0. The van der Waals surface area contributed by atoms with Crippen LogP contribution in [0.25, 0.3) is 0 Å². The van der Waals surface area contributed by atoms with Crippen LogP contribution in [-0.4, -0.2) is 47.3 Å². The quantitative estimate of drug-likeness (QED) is 0.665. The number of hydrogen-bond acceptors (Lipinski definition) is 4. The van der Waals surface area contributed by atoms with E-state index in [-0.39, 0.29) is 30.8 Å². The molecule has 1 atom stereocenters. The molecule has 2 fully saturated rings. The van der Waals surface area contributed by atoms with Gasteiger partial charge >= 0.3 is 0 Å². The van der Waals surface area contributed by atoms with Gasteiger partial charge in [0.1, 0.15) is 6.54 Å². The Hall–Kier alpha value is -1.60. The number of rotatable bonds is 7. The summed E-state index contributed by atoms with van der Waals surface area (Å²) in [6.45, 7) is 2.97. The minimum absolute atomic E-state index is 0. The predicted molar refractivity (Wildman–Crippen MR) is 102 cm³/mol. The van der Waals surface area contributed by atoms with Gasteiger partial charge in [0.2, 0.25) is 5.91 Å². The monoisotopic (exact) mass is 383 g/mol. The third kappa shape index (κ3) is 6.29. The SMILES string of the molecule is Cl.O=C(Cn1cc(C(=O)NCCC2CCNC2)cn1)NC1CCCCC1. The highest BCUT2D eigenvalue weighted by Gasteiger charge is 2.17. The van der Waals surface area contributed by atoms with Crippen LogP contribution < -0.4 is 16.0 Å². The van der Waals surface area contributed by atoms with E-state index in [9.17, 15) is 9.59 Å². The van der Waals surface area contributed by atoms with E-state index in [1.54, 1.807) is 6.20 Å². The van der Waals surface area contributed by atoms with Crippen molar-refractivity contribution in [2.24, 2.45) is 5.92 Å². The maximum atomic E-state index is 12.2. The number of aromatic nitrogens is 2. The van der Waals surface area contributed by atoms with Gasteiger partial charge in [-0.1, -0.05) is 19.3 Å². The lowest BCUT2D eigenvalue weighted by molar-refractivity contribution is -0.122. The minimum atomic E-state index is -0.120. The zero-order valence-corrected chi connectivity index (χ0v) is 16.0. The van der Waals surface area contributed by atoms with Gasteiger partial charge in [0, 0.05) is 18.8 Å². The molecule has 2 aliphatic rings. The van der Waals surface area contributed by atoms with Crippen LogP contribution in [0.15, 0.2) is 12.4 Å². The van der Waals surface area contributed by atoms with Gasteiger partial charge in [0.15, 0.2) is 0 Å². The molecular weight excluding hydrogens is 354 g/mol. The Balaban J connectivity index is 0.00000243. The molecule has 0 spiro atoms. The van der Waals surface area contributed by atoms with Crippen molar-refractivity contribution in [3.8, 4) is 0 Å². The first kappa shape index (κ1) is 20.7. The summed E-state index contributed by atoms with van der Waals surface area (Å²) in [5.41, 5.74) is 0.509. The summed E-state index contributed by atoms with van der Waals surface area (Å²) in [5, 5.41) is 13.5. The van der Waals surface area contributed by atoms with Gasteiger partial charge in [-0.05, 0) is 44.7 Å². The summed E-state index contributed by atoms with van der Waals surface area (Å²) < 4.78 is 1.54. The molecule has 146 valence electrons. The third-order valence-electron chi connectivity index (χ3n) is 5.17. The van der Waals surface area contributed by atoms with Crippen molar-refractivity contribution in [1.29, 1.82) is 0 Å². The molecule has 1 saturated heterocycles. The van der Waals surface area contributed by atoms with Gasteiger partial charge in [0.25, 0.3) is 5.91 Å². The second-order valence-electron chi connectivity index (χ2n) is 7.23. The zero-order chi connectivity index (χ0) is 17.5. The molecule has 1 aliphatic heterocycles. The molecular formula is C18H30ClN5O2. The molecule has 3 N–H and O–H groups in total. The summed E-state index contributed by atoms with van der Waals surface area (Å²) in [7, 11) is 0. The number of carbonyl (C=O) groups excluding carboxylic acids is 2. The molecule has 7 nitrogen and oxygen atoms in total. The summed E-state index contributed by atoms with van der Waals surface area (Å²) in [5.74, 6) is 0.507. The molecule has 1 saturated carbocycles. The first-order valence-corrected chi connectivity index (χ1v) is 9.51. The van der Waals surface area contributed by atoms with Crippen LogP contribution in [0.5, 0.6) is 0 Å². The lowest BCUT2D eigenvalue weighted by atomic mass is 9.95. The number of amides is 2. The Morgan fingerprint density at radius 1 is 1.23 bits per heavy atom. The lowest BCUT2D eigenvalue weighted by Crippen LogP contribution is -2.38. The number of hydrogen-bond donors (Lipinski definition) is 3. The largest absolute Gasteiger partial charge is 0.352 e. The van der Waals surface area contributed by atoms with Gasteiger partial charge in [0.05, 0.1) is 11.8 Å². The van der Waals surface area contributed by atoms with Gasteiger partial charge in [-0.25, -0.2) is 0 Å².